The molecule has 1 atom stereocenters. The maximum Gasteiger partial charge on any atom is 0.309 e. The van der Waals surface area contributed by atoms with E-state index in [2.05, 4.69) is 5.48 Å². The molecule has 5 nitrogen and oxygen atoms in total. The lowest BCUT2D eigenvalue weighted by Gasteiger charge is -2.34. The zero-order valence-corrected chi connectivity index (χ0v) is 12.1. The molecule has 2 rings (SSSR count). The molecule has 2 fully saturated rings. The summed E-state index contributed by atoms with van der Waals surface area (Å²) in [5, 5.41) is 0. The number of hydroxylamine groups is 1. The summed E-state index contributed by atoms with van der Waals surface area (Å²) in [7, 11) is 0. The Morgan fingerprint density at radius 1 is 1.37 bits per heavy atom. The van der Waals surface area contributed by atoms with Crippen molar-refractivity contribution in [2.75, 3.05) is 0 Å². The Kier molecular flexibility index (Phi) is 3.71. The fourth-order valence-corrected chi connectivity index (χ4v) is 2.77. The molecular weight excluding hydrogens is 246 g/mol. The molecule has 5 heteroatoms. The molecule has 1 spiro atoms. The normalized spacial score (nSPS) is 35.7. The van der Waals surface area contributed by atoms with Gasteiger partial charge in [0, 0.05) is 0 Å². The maximum absolute atomic E-state index is 12.1. The first-order valence-electron chi connectivity index (χ1n) is 6.93. The largest absolute Gasteiger partial charge is 0.460 e. The second-order valence-corrected chi connectivity index (χ2v) is 6.62. The smallest absolute Gasteiger partial charge is 0.309 e. The highest BCUT2D eigenvalue weighted by Gasteiger charge is 2.50. The van der Waals surface area contributed by atoms with Gasteiger partial charge in [-0.1, -0.05) is 0 Å². The summed E-state index contributed by atoms with van der Waals surface area (Å²) in [4.78, 5) is 29.3. The fraction of sp³-hybridized carbons (Fsp3) is 0.857. The summed E-state index contributed by atoms with van der Waals surface area (Å²) in [5.41, 5.74) is 1.85. The molecule has 0 unspecified atom stereocenters. The van der Waals surface area contributed by atoms with Gasteiger partial charge in [-0.15, -0.1) is 0 Å². The van der Waals surface area contributed by atoms with Crippen molar-refractivity contribution in [3.63, 3.8) is 0 Å². The number of nitrogens with one attached hydrogen (secondary N) is 1. The number of ether oxygens (including phenoxy) is 1. The second-order valence-electron chi connectivity index (χ2n) is 6.62. The standard InChI is InChI=1S/C14H23NO4/c1-9-11(16)14(15-19-9)7-5-10(6-8-14)12(17)18-13(2,3)4/h9-10,15H,5-8H2,1-4H3/t9-,10?,14?/m0/s1. The lowest BCUT2D eigenvalue weighted by molar-refractivity contribution is -0.162. The summed E-state index contributed by atoms with van der Waals surface area (Å²) in [6.45, 7) is 7.36. The first kappa shape index (κ1) is 14.5. The summed E-state index contributed by atoms with van der Waals surface area (Å²) in [6.07, 6.45) is 2.23. The Morgan fingerprint density at radius 2 is 1.95 bits per heavy atom. The van der Waals surface area contributed by atoms with Crippen LogP contribution >= 0.6 is 0 Å². The van der Waals surface area contributed by atoms with Gasteiger partial charge in [0.15, 0.2) is 5.78 Å². The molecule has 1 aliphatic heterocycles. The third-order valence-corrected chi connectivity index (χ3v) is 3.85. The highest BCUT2D eigenvalue weighted by atomic mass is 16.7. The van der Waals surface area contributed by atoms with E-state index in [1.165, 1.54) is 0 Å². The van der Waals surface area contributed by atoms with Crippen LogP contribution in [0.5, 0.6) is 0 Å². The van der Waals surface area contributed by atoms with E-state index in [1.807, 2.05) is 20.8 Å². The van der Waals surface area contributed by atoms with Crippen LogP contribution in [-0.4, -0.2) is 29.0 Å². The molecule has 2 aliphatic rings. The SMILES string of the molecule is C[C@@H]1ONC2(CCC(C(=O)OC(C)(C)C)CC2)C1=O. The van der Waals surface area contributed by atoms with E-state index in [0.29, 0.717) is 25.7 Å². The van der Waals surface area contributed by atoms with E-state index in [4.69, 9.17) is 9.57 Å². The molecule has 0 amide bonds. The van der Waals surface area contributed by atoms with Gasteiger partial charge < -0.3 is 4.74 Å². The molecule has 0 aromatic heterocycles. The second kappa shape index (κ2) is 4.87. The van der Waals surface area contributed by atoms with Crippen molar-refractivity contribution in [2.24, 2.45) is 5.92 Å². The number of hydrogen-bond acceptors (Lipinski definition) is 5. The predicted octanol–water partition coefficient (Wildman–Crippen LogP) is 1.75. The minimum absolute atomic E-state index is 0.102. The Morgan fingerprint density at radius 3 is 2.37 bits per heavy atom. The number of ketones is 1. The predicted molar refractivity (Wildman–Crippen MR) is 69.2 cm³/mol. The van der Waals surface area contributed by atoms with Crippen LogP contribution in [0.3, 0.4) is 0 Å². The summed E-state index contributed by atoms with van der Waals surface area (Å²) >= 11 is 0. The molecule has 1 saturated carbocycles. The van der Waals surface area contributed by atoms with E-state index >= 15 is 0 Å². The molecule has 0 radical (unpaired) electrons. The van der Waals surface area contributed by atoms with Gasteiger partial charge in [-0.2, -0.15) is 5.48 Å². The number of hydrogen-bond donors (Lipinski definition) is 1. The quantitative estimate of drug-likeness (QED) is 0.735. The van der Waals surface area contributed by atoms with Crippen LogP contribution in [0.15, 0.2) is 0 Å². The number of carbonyl (C=O) groups excluding carboxylic acids is 2. The summed E-state index contributed by atoms with van der Waals surface area (Å²) < 4.78 is 5.40. The lowest BCUT2D eigenvalue weighted by Crippen LogP contribution is -2.49. The molecule has 1 saturated heterocycles. The Labute approximate surface area is 114 Å². The molecular formula is C14H23NO4. The highest BCUT2D eigenvalue weighted by Crippen LogP contribution is 2.37. The van der Waals surface area contributed by atoms with E-state index in [9.17, 15) is 9.59 Å². The van der Waals surface area contributed by atoms with Gasteiger partial charge in [-0.25, -0.2) is 0 Å². The first-order valence-corrected chi connectivity index (χ1v) is 6.93. The van der Waals surface area contributed by atoms with E-state index in [-0.39, 0.29) is 17.7 Å². The number of rotatable bonds is 1. The van der Waals surface area contributed by atoms with Crippen LogP contribution in [0.4, 0.5) is 0 Å². The minimum Gasteiger partial charge on any atom is -0.460 e. The van der Waals surface area contributed by atoms with Gasteiger partial charge in [0.1, 0.15) is 17.2 Å². The number of Topliss-reactive ketones (excluding diaryl/α,β-unsaturated/α-hetero) is 1. The summed E-state index contributed by atoms with van der Waals surface area (Å²) in [5.74, 6) is -0.146. The molecule has 1 N–H and O–H groups in total. The fourth-order valence-electron chi connectivity index (χ4n) is 2.77. The molecule has 19 heavy (non-hydrogen) atoms. The lowest BCUT2D eigenvalue weighted by atomic mass is 9.74. The monoisotopic (exact) mass is 269 g/mol. The Bertz CT molecular complexity index is 377. The zero-order valence-electron chi connectivity index (χ0n) is 12.1. The van der Waals surface area contributed by atoms with Gasteiger partial charge in [0.05, 0.1) is 5.92 Å². The van der Waals surface area contributed by atoms with Gasteiger partial charge in [0.25, 0.3) is 0 Å². The van der Waals surface area contributed by atoms with Crippen LogP contribution < -0.4 is 5.48 Å². The highest BCUT2D eigenvalue weighted by molar-refractivity contribution is 5.93. The number of carbonyl (C=O) groups is 2. The van der Waals surface area contributed by atoms with Gasteiger partial charge in [0.2, 0.25) is 0 Å². The van der Waals surface area contributed by atoms with Crippen molar-refractivity contribution in [1.82, 2.24) is 5.48 Å². The Balaban J connectivity index is 1.93. The summed E-state index contributed by atoms with van der Waals surface area (Å²) in [6, 6.07) is 0. The van der Waals surface area contributed by atoms with E-state index in [0.717, 1.165) is 0 Å². The van der Waals surface area contributed by atoms with Crippen LogP contribution in [0.2, 0.25) is 0 Å². The molecule has 0 aromatic rings. The third kappa shape index (κ3) is 2.98. The van der Waals surface area contributed by atoms with Crippen molar-refractivity contribution in [3.05, 3.63) is 0 Å². The van der Waals surface area contributed by atoms with Gasteiger partial charge in [-0.3, -0.25) is 14.4 Å². The first-order chi connectivity index (χ1) is 8.73. The van der Waals surface area contributed by atoms with Crippen molar-refractivity contribution in [2.45, 2.75) is 70.6 Å². The van der Waals surface area contributed by atoms with E-state index < -0.39 is 17.2 Å². The average molecular weight is 269 g/mol. The topological polar surface area (TPSA) is 64.6 Å². The number of esters is 1. The maximum atomic E-state index is 12.1. The van der Waals surface area contributed by atoms with Crippen molar-refractivity contribution >= 4 is 11.8 Å². The minimum atomic E-state index is -0.571. The van der Waals surface area contributed by atoms with Gasteiger partial charge >= 0.3 is 5.97 Å². The average Bonchev–Trinajstić information content (AvgIpc) is 2.57. The van der Waals surface area contributed by atoms with Crippen molar-refractivity contribution in [3.8, 4) is 0 Å². The van der Waals surface area contributed by atoms with E-state index in [1.54, 1.807) is 6.92 Å². The van der Waals surface area contributed by atoms with Crippen molar-refractivity contribution < 1.29 is 19.2 Å². The van der Waals surface area contributed by atoms with Crippen LogP contribution in [0, 0.1) is 5.92 Å². The zero-order chi connectivity index (χ0) is 14.3. The van der Waals surface area contributed by atoms with Crippen LogP contribution in [0.1, 0.15) is 53.4 Å². The molecule has 0 bridgehead atoms. The van der Waals surface area contributed by atoms with Crippen molar-refractivity contribution in [1.29, 1.82) is 0 Å². The third-order valence-electron chi connectivity index (χ3n) is 3.85. The molecule has 1 heterocycles. The molecule has 108 valence electrons. The molecule has 1 aliphatic carbocycles. The Hall–Kier alpha value is -0.940. The molecule has 0 aromatic carbocycles. The van der Waals surface area contributed by atoms with Crippen LogP contribution in [-0.2, 0) is 19.2 Å². The van der Waals surface area contributed by atoms with Gasteiger partial charge in [-0.05, 0) is 53.4 Å². The van der Waals surface area contributed by atoms with Crippen LogP contribution in [0.25, 0.3) is 0 Å².